The first-order valence-electron chi connectivity index (χ1n) is 21.1. The van der Waals surface area contributed by atoms with E-state index in [-0.39, 0.29) is 12.4 Å². The van der Waals surface area contributed by atoms with E-state index < -0.39 is 117 Å². The number of allylic oxidation sites excluding steroid dienone is 3. The zero-order valence-electron chi connectivity index (χ0n) is 38.7. The maximum Gasteiger partial charge on any atom is 0.460 e. The number of hydrogen-bond acceptors (Lipinski definition) is 7. The molecule has 0 aliphatic rings. The largest absolute Gasteiger partial charge is 0.497 e. The molecule has 0 spiro atoms. The Hall–Kier alpha value is -4.75. The number of anilines is 1. The molecular formula is C44H52F17NO7Si. The predicted octanol–water partition coefficient (Wildman–Crippen LogP) is 14.6. The Morgan fingerprint density at radius 3 is 1.63 bits per heavy atom. The number of carbonyl (C=O) groups is 2. The van der Waals surface area contributed by atoms with Crippen LogP contribution >= 0.6 is 0 Å². The van der Waals surface area contributed by atoms with Crippen molar-refractivity contribution in [1.82, 2.24) is 0 Å². The van der Waals surface area contributed by atoms with Crippen LogP contribution in [-0.2, 0) is 18.7 Å². The molecule has 0 radical (unpaired) electrons. The normalized spacial score (nSPS) is 15.0. The number of hydrogen-bond donors (Lipinski definition) is 1. The van der Waals surface area contributed by atoms with Gasteiger partial charge in [0.15, 0.2) is 8.32 Å². The smallest absolute Gasteiger partial charge is 0.460 e. The van der Waals surface area contributed by atoms with E-state index in [9.17, 15) is 75.4 Å². The van der Waals surface area contributed by atoms with Gasteiger partial charge in [0.25, 0.3) is 0 Å². The van der Waals surface area contributed by atoms with Gasteiger partial charge in [-0.15, -0.1) is 0 Å². The summed E-state index contributed by atoms with van der Waals surface area (Å²) < 4.78 is 264. The number of esters is 1. The second-order valence-corrected chi connectivity index (χ2v) is 21.6. The van der Waals surface area contributed by atoms with Gasteiger partial charge in [-0.05, 0) is 84.9 Å². The van der Waals surface area contributed by atoms with E-state index in [1.165, 1.54) is 65.1 Å². The molecule has 26 heteroatoms. The zero-order chi connectivity index (χ0) is 54.1. The van der Waals surface area contributed by atoms with Crippen molar-refractivity contribution in [2.75, 3.05) is 32.2 Å². The predicted molar refractivity (Wildman–Crippen MR) is 223 cm³/mol. The Labute approximate surface area is 393 Å². The van der Waals surface area contributed by atoms with Crippen molar-refractivity contribution in [3.8, 4) is 11.5 Å². The molecular weight excluding hydrogens is 1010 g/mol. The van der Waals surface area contributed by atoms with Crippen LogP contribution in [0, 0.1) is 5.92 Å². The van der Waals surface area contributed by atoms with Gasteiger partial charge in [-0.25, -0.2) is 9.59 Å². The molecule has 0 fully saturated rings. The number of rotatable bonds is 26. The molecule has 0 unspecified atom stereocenters. The van der Waals surface area contributed by atoms with Crippen molar-refractivity contribution in [2.45, 2.75) is 132 Å². The molecule has 0 aliphatic heterocycles. The van der Waals surface area contributed by atoms with Gasteiger partial charge < -0.3 is 23.4 Å². The number of benzene rings is 2. The Bertz CT molecular complexity index is 2070. The number of ether oxygens (including phenoxy) is 4. The summed E-state index contributed by atoms with van der Waals surface area (Å²) in [5, 5.41) is 2.61. The summed E-state index contributed by atoms with van der Waals surface area (Å²) >= 11 is 0. The number of alkyl halides is 17. The molecule has 8 nitrogen and oxygen atoms in total. The number of amides is 1. The topological polar surface area (TPSA) is 92.3 Å². The molecule has 2 rings (SSSR count). The van der Waals surface area contributed by atoms with Crippen LogP contribution in [0.2, 0.25) is 17.1 Å². The number of nitrogens with one attached hydrogen (secondary N) is 1. The molecule has 0 saturated heterocycles. The van der Waals surface area contributed by atoms with E-state index in [4.69, 9.17) is 23.4 Å². The molecule has 2 aromatic rings. The third kappa shape index (κ3) is 13.2. The SMILES string of the molecule is CCOC(=O)/C=C(C)/C=C/C[C@H](C)[C@@H](OC(=O)Nc1ccc(OC)cc1)c1ccc(OCCO[Si](CCC(F)(F)C(F)(F)C(F)(F)C(F)(F)C(F)(F)C(F)(F)C(F)(F)C(F)(F)F)(C(C)C)C(C)C)cc1. The van der Waals surface area contributed by atoms with Gasteiger partial charge in [0.2, 0.25) is 0 Å². The summed E-state index contributed by atoms with van der Waals surface area (Å²) in [7, 11) is -2.57. The first kappa shape index (κ1) is 61.4. The van der Waals surface area contributed by atoms with Gasteiger partial charge in [0, 0.05) is 24.1 Å². The van der Waals surface area contributed by atoms with E-state index in [1.807, 2.05) is 0 Å². The first-order valence-corrected chi connectivity index (χ1v) is 23.3. The van der Waals surface area contributed by atoms with Gasteiger partial charge in [-0.1, -0.05) is 58.9 Å². The minimum Gasteiger partial charge on any atom is -0.497 e. The van der Waals surface area contributed by atoms with Crippen LogP contribution in [0.4, 0.5) is 85.1 Å². The lowest BCUT2D eigenvalue weighted by Gasteiger charge is -2.44. The van der Waals surface area contributed by atoms with E-state index in [0.717, 1.165) is 0 Å². The van der Waals surface area contributed by atoms with E-state index in [0.29, 0.717) is 29.0 Å². The van der Waals surface area contributed by atoms with Crippen LogP contribution < -0.4 is 14.8 Å². The number of methoxy groups -OCH3 is 1. The number of halogens is 17. The van der Waals surface area contributed by atoms with Crippen molar-refractivity contribution in [2.24, 2.45) is 5.92 Å². The molecule has 70 heavy (non-hydrogen) atoms. The molecule has 398 valence electrons. The highest BCUT2D eigenvalue weighted by atomic mass is 28.4. The van der Waals surface area contributed by atoms with Crippen LogP contribution in [0.25, 0.3) is 0 Å². The molecule has 2 atom stereocenters. The summed E-state index contributed by atoms with van der Waals surface area (Å²) in [6.07, 6.45) is -7.14. The summed E-state index contributed by atoms with van der Waals surface area (Å²) in [6.45, 7) is 9.60. The number of carbonyl (C=O) groups excluding carboxylic acids is 2. The van der Waals surface area contributed by atoms with Crippen LogP contribution in [-0.4, -0.2) is 94.9 Å². The summed E-state index contributed by atoms with van der Waals surface area (Å²) in [4.78, 5) is 24.9. The zero-order valence-corrected chi connectivity index (χ0v) is 39.7. The molecule has 2 aromatic carbocycles. The lowest BCUT2D eigenvalue weighted by Crippen LogP contribution is -2.74. The Morgan fingerprint density at radius 2 is 1.16 bits per heavy atom. The molecule has 0 heterocycles. The fourth-order valence-electron chi connectivity index (χ4n) is 6.96. The van der Waals surface area contributed by atoms with Crippen molar-refractivity contribution < 1.29 is 108 Å². The fraction of sp³-hybridized carbons (Fsp3) is 0.591. The maximum absolute atomic E-state index is 15.1. The van der Waals surface area contributed by atoms with E-state index in [1.54, 1.807) is 57.2 Å². The second-order valence-electron chi connectivity index (χ2n) is 16.6. The first-order chi connectivity index (χ1) is 31.8. The highest BCUT2D eigenvalue weighted by molar-refractivity contribution is 6.76. The molecule has 0 saturated carbocycles. The Balaban J connectivity index is 2.32. The van der Waals surface area contributed by atoms with Crippen LogP contribution in [0.15, 0.2) is 72.3 Å². The van der Waals surface area contributed by atoms with Crippen molar-refractivity contribution in [3.63, 3.8) is 0 Å². The molecule has 0 aliphatic carbocycles. The Morgan fingerprint density at radius 1 is 0.671 bits per heavy atom. The van der Waals surface area contributed by atoms with Crippen molar-refractivity contribution >= 4 is 26.1 Å². The summed E-state index contributed by atoms with van der Waals surface area (Å²) in [6, 6.07) is 10.9. The van der Waals surface area contributed by atoms with Crippen LogP contribution in [0.1, 0.15) is 73.0 Å². The quantitative estimate of drug-likeness (QED) is 0.0251. The van der Waals surface area contributed by atoms with Gasteiger partial charge in [-0.2, -0.15) is 74.6 Å². The minimum absolute atomic E-state index is 0.132. The highest BCUT2D eigenvalue weighted by Gasteiger charge is 2.95. The lowest BCUT2D eigenvalue weighted by atomic mass is 9.88. The fourth-order valence-corrected chi connectivity index (χ4v) is 11.4. The summed E-state index contributed by atoms with van der Waals surface area (Å²) in [5.74, 6) is -57.2. The molecule has 0 bridgehead atoms. The third-order valence-corrected chi connectivity index (χ3v) is 16.8. The molecule has 0 aromatic heterocycles. The highest BCUT2D eigenvalue weighted by Crippen LogP contribution is 2.64. The van der Waals surface area contributed by atoms with Crippen LogP contribution in [0.3, 0.4) is 0 Å². The Kier molecular flexibility index (Phi) is 20.3. The molecule has 1 N–H and O–H groups in total. The average molecular weight is 1060 g/mol. The van der Waals surface area contributed by atoms with Gasteiger partial charge in [-0.3, -0.25) is 5.32 Å². The summed E-state index contributed by atoms with van der Waals surface area (Å²) in [5.41, 5.74) is -0.379. The van der Waals surface area contributed by atoms with Gasteiger partial charge in [0.1, 0.15) is 24.2 Å². The maximum atomic E-state index is 15.1. The minimum atomic E-state index is -8.70. The van der Waals surface area contributed by atoms with Crippen LogP contribution in [0.5, 0.6) is 11.5 Å². The lowest BCUT2D eigenvalue weighted by molar-refractivity contribution is -0.461. The van der Waals surface area contributed by atoms with Gasteiger partial charge >= 0.3 is 59.7 Å². The second kappa shape index (κ2) is 23.2. The van der Waals surface area contributed by atoms with Crippen molar-refractivity contribution in [3.05, 3.63) is 77.9 Å². The van der Waals surface area contributed by atoms with Gasteiger partial charge in [0.05, 0.1) is 20.3 Å². The standard InChI is InChI=1S/C44H52F17NO7Si/c1-9-66-34(63)25-28(6)11-10-12-29(7)35(69-36(64)62-31-15-19-32(65-8)20-16-31)30-13-17-33(18-14-30)67-22-23-68-70(26(2)3,27(4)5)24-21-37(45,46)38(47,48)39(49,50)40(51,52)41(53,54)42(55,56)43(57,58)44(59,60)61/h10-11,13-20,25-27,29,35H,9,12,21-24H2,1-8H3,(H,62,64)/b11-10+,28-25+/t29-,35+/m0/s1. The van der Waals surface area contributed by atoms with E-state index >= 15 is 8.78 Å². The van der Waals surface area contributed by atoms with E-state index in [2.05, 4.69) is 5.32 Å². The van der Waals surface area contributed by atoms with Crippen molar-refractivity contribution in [1.29, 1.82) is 0 Å². The molecule has 1 amide bonds. The average Bonchev–Trinajstić information content (AvgIpc) is 3.24. The third-order valence-electron chi connectivity index (χ3n) is 11.1. The monoisotopic (exact) mass is 1060 g/mol.